The summed E-state index contributed by atoms with van der Waals surface area (Å²) in [4.78, 5) is 23.4. The van der Waals surface area contributed by atoms with Crippen LogP contribution < -0.4 is 0 Å². The molecule has 0 aromatic carbocycles. The number of nitrogens with zero attached hydrogens (tertiary/aromatic N) is 2. The Morgan fingerprint density at radius 3 is 2.75 bits per heavy atom. The van der Waals surface area contributed by atoms with Crippen LogP contribution in [0.1, 0.15) is 10.4 Å². The van der Waals surface area contributed by atoms with Gasteiger partial charge in [0.2, 0.25) is 4.60 Å². The Labute approximate surface area is 75.7 Å². The van der Waals surface area contributed by atoms with E-state index in [9.17, 15) is 14.9 Å². The van der Waals surface area contributed by atoms with Crippen molar-refractivity contribution in [3.63, 3.8) is 0 Å². The van der Waals surface area contributed by atoms with Crippen LogP contribution in [0.4, 0.5) is 5.82 Å². The van der Waals surface area contributed by atoms with E-state index >= 15 is 0 Å². The summed E-state index contributed by atoms with van der Waals surface area (Å²) < 4.78 is 0.277. The number of halogens is 1. The summed E-state index contributed by atoms with van der Waals surface area (Å²) in [6, 6.07) is 2.51. The quantitative estimate of drug-likeness (QED) is 0.335. The van der Waals surface area contributed by atoms with Crippen LogP contribution in [0, 0.1) is 10.1 Å². The molecule has 62 valence electrons. The molecule has 0 unspecified atom stereocenters. The van der Waals surface area contributed by atoms with E-state index in [-0.39, 0.29) is 16.0 Å². The smallest absolute Gasteiger partial charge is 0.358 e. The molecule has 0 fully saturated rings. The molecule has 5 nitrogen and oxygen atoms in total. The van der Waals surface area contributed by atoms with Crippen LogP contribution in [0.3, 0.4) is 0 Å². The third-order valence-corrected chi connectivity index (χ3v) is 1.53. The van der Waals surface area contributed by atoms with E-state index in [1.807, 2.05) is 0 Å². The minimum Gasteiger partial charge on any atom is -0.358 e. The van der Waals surface area contributed by atoms with Gasteiger partial charge in [-0.25, -0.2) is 0 Å². The maximum atomic E-state index is 10.3. The van der Waals surface area contributed by atoms with Crippen molar-refractivity contribution in [2.24, 2.45) is 0 Å². The first-order valence-corrected chi connectivity index (χ1v) is 3.70. The number of hydrogen-bond donors (Lipinski definition) is 0. The molecule has 12 heavy (non-hydrogen) atoms. The minimum atomic E-state index is -0.655. The zero-order chi connectivity index (χ0) is 9.14. The summed E-state index contributed by atoms with van der Waals surface area (Å²) >= 11 is 2.95. The first-order chi connectivity index (χ1) is 5.63. The zero-order valence-electron chi connectivity index (χ0n) is 5.73. The van der Waals surface area contributed by atoms with E-state index in [0.717, 1.165) is 6.07 Å². The highest BCUT2D eigenvalue weighted by Crippen LogP contribution is 2.15. The molecular formula is C6H3BrN2O3. The van der Waals surface area contributed by atoms with Crippen molar-refractivity contribution >= 4 is 28.0 Å². The van der Waals surface area contributed by atoms with Crippen molar-refractivity contribution in [1.82, 2.24) is 4.98 Å². The number of hydrogen-bond acceptors (Lipinski definition) is 4. The van der Waals surface area contributed by atoms with Gasteiger partial charge in [-0.15, -0.1) is 0 Å². The highest BCUT2D eigenvalue weighted by Gasteiger charge is 2.10. The fourth-order valence-corrected chi connectivity index (χ4v) is 1.11. The fraction of sp³-hybridized carbons (Fsp3) is 0. The highest BCUT2D eigenvalue weighted by atomic mass is 79.9. The van der Waals surface area contributed by atoms with Gasteiger partial charge in [-0.05, 0) is 9.91 Å². The molecular weight excluding hydrogens is 228 g/mol. The molecule has 0 N–H and O–H groups in total. The van der Waals surface area contributed by atoms with Crippen molar-refractivity contribution < 1.29 is 9.72 Å². The monoisotopic (exact) mass is 230 g/mol. The third kappa shape index (κ3) is 1.85. The fourth-order valence-electron chi connectivity index (χ4n) is 0.664. The lowest BCUT2D eigenvalue weighted by molar-refractivity contribution is -0.389. The molecule has 6 heteroatoms. The summed E-state index contributed by atoms with van der Waals surface area (Å²) in [6.45, 7) is 0. The van der Waals surface area contributed by atoms with Gasteiger partial charge in [0.1, 0.15) is 0 Å². The lowest BCUT2D eigenvalue weighted by Crippen LogP contribution is -1.94. The van der Waals surface area contributed by atoms with E-state index in [4.69, 9.17) is 0 Å². The van der Waals surface area contributed by atoms with E-state index in [1.54, 1.807) is 0 Å². The van der Waals surface area contributed by atoms with Crippen LogP contribution in [0.25, 0.3) is 0 Å². The second-order valence-electron chi connectivity index (χ2n) is 1.96. The third-order valence-electron chi connectivity index (χ3n) is 1.13. The van der Waals surface area contributed by atoms with Crippen molar-refractivity contribution in [1.29, 1.82) is 0 Å². The Morgan fingerprint density at radius 2 is 2.25 bits per heavy atom. The molecule has 0 aliphatic heterocycles. The molecule has 1 heterocycles. The number of rotatable bonds is 2. The van der Waals surface area contributed by atoms with Gasteiger partial charge in [-0.3, -0.25) is 4.79 Å². The van der Waals surface area contributed by atoms with Gasteiger partial charge in [0.05, 0.1) is 0 Å². The maximum absolute atomic E-state index is 10.3. The second-order valence-corrected chi connectivity index (χ2v) is 2.77. The first-order valence-electron chi connectivity index (χ1n) is 2.90. The molecule has 0 atom stereocenters. The molecule has 1 rings (SSSR count). The predicted octanol–water partition coefficient (Wildman–Crippen LogP) is 1.56. The lowest BCUT2D eigenvalue weighted by atomic mass is 10.3. The van der Waals surface area contributed by atoms with Crippen LogP contribution in [-0.4, -0.2) is 16.2 Å². The minimum absolute atomic E-state index is 0.226. The van der Waals surface area contributed by atoms with Crippen LogP contribution in [0.2, 0.25) is 0 Å². The SMILES string of the molecule is O=Cc1cc(Br)nc([N+](=O)[O-])c1. The molecule has 0 aliphatic rings. The van der Waals surface area contributed by atoms with E-state index in [0.29, 0.717) is 6.29 Å². The predicted molar refractivity (Wildman–Crippen MR) is 44.0 cm³/mol. The van der Waals surface area contributed by atoms with Gasteiger partial charge in [0.25, 0.3) is 0 Å². The van der Waals surface area contributed by atoms with Crippen molar-refractivity contribution in [2.45, 2.75) is 0 Å². The summed E-state index contributed by atoms with van der Waals surface area (Å²) in [7, 11) is 0. The molecule has 0 saturated heterocycles. The molecule has 0 aliphatic carbocycles. The Hall–Kier alpha value is -1.30. The number of aldehydes is 1. The molecule has 1 aromatic rings. The number of aromatic nitrogens is 1. The van der Waals surface area contributed by atoms with Gasteiger partial charge in [0, 0.05) is 33.6 Å². The highest BCUT2D eigenvalue weighted by molar-refractivity contribution is 9.10. The zero-order valence-corrected chi connectivity index (χ0v) is 7.32. The van der Waals surface area contributed by atoms with Crippen LogP contribution in [0.15, 0.2) is 16.7 Å². The van der Waals surface area contributed by atoms with Gasteiger partial charge >= 0.3 is 5.82 Å². The Morgan fingerprint density at radius 1 is 1.58 bits per heavy atom. The van der Waals surface area contributed by atoms with Crippen LogP contribution >= 0.6 is 15.9 Å². The average molecular weight is 231 g/mol. The van der Waals surface area contributed by atoms with E-state index < -0.39 is 4.92 Å². The Bertz CT molecular complexity index is 340. The Balaban J connectivity index is 3.23. The molecule has 0 amide bonds. The van der Waals surface area contributed by atoms with Gasteiger partial charge in [0.15, 0.2) is 6.29 Å². The van der Waals surface area contributed by atoms with Crippen molar-refractivity contribution in [3.05, 3.63) is 32.4 Å². The summed E-state index contributed by atoms with van der Waals surface area (Å²) in [5.41, 5.74) is 0.226. The number of pyridine rings is 1. The van der Waals surface area contributed by atoms with Crippen molar-refractivity contribution in [3.8, 4) is 0 Å². The number of nitro groups is 1. The van der Waals surface area contributed by atoms with Crippen molar-refractivity contribution in [2.75, 3.05) is 0 Å². The summed E-state index contributed by atoms with van der Waals surface area (Å²) in [6.07, 6.45) is 0.527. The van der Waals surface area contributed by atoms with E-state index in [2.05, 4.69) is 20.9 Å². The second kappa shape index (κ2) is 3.40. The first kappa shape index (κ1) is 8.79. The van der Waals surface area contributed by atoms with Crippen LogP contribution in [0.5, 0.6) is 0 Å². The Kier molecular flexibility index (Phi) is 2.49. The molecule has 1 aromatic heterocycles. The summed E-state index contributed by atoms with van der Waals surface area (Å²) in [5.74, 6) is -0.341. The molecule has 0 spiro atoms. The maximum Gasteiger partial charge on any atom is 0.365 e. The van der Waals surface area contributed by atoms with Crippen LogP contribution in [-0.2, 0) is 0 Å². The van der Waals surface area contributed by atoms with Gasteiger partial charge < -0.3 is 10.1 Å². The largest absolute Gasteiger partial charge is 0.365 e. The normalized spacial score (nSPS) is 9.42. The molecule has 0 saturated carbocycles. The van der Waals surface area contributed by atoms with Gasteiger partial charge in [-0.1, -0.05) is 0 Å². The molecule has 0 bridgehead atoms. The summed E-state index contributed by atoms with van der Waals surface area (Å²) in [5, 5.41) is 10.2. The van der Waals surface area contributed by atoms with E-state index in [1.165, 1.54) is 6.07 Å². The number of carbonyl (C=O) groups is 1. The average Bonchev–Trinajstić information content (AvgIpc) is 2.03. The standard InChI is InChI=1S/C6H3BrN2O3/c7-5-1-4(3-10)2-6(8-5)9(11)12/h1-3H. The van der Waals surface area contributed by atoms with Gasteiger partial charge in [-0.2, -0.15) is 0 Å². The number of carbonyl (C=O) groups excluding carboxylic acids is 1. The lowest BCUT2D eigenvalue weighted by Gasteiger charge is -1.92. The topological polar surface area (TPSA) is 73.1 Å². The molecule has 0 radical (unpaired) electrons.